The number of aromatic nitrogens is 2. The number of hydrogen-bond donors (Lipinski definition) is 0. The van der Waals surface area contributed by atoms with Crippen LogP contribution in [0.2, 0.25) is 0 Å². The molecule has 62 heavy (non-hydrogen) atoms. The predicted octanol–water partition coefficient (Wildman–Crippen LogP) is 9.66. The molecule has 2 unspecified atom stereocenters. The van der Waals surface area contributed by atoms with Crippen LogP contribution in [-0.2, 0) is 44.9 Å². The first kappa shape index (κ1) is 44.8. The molecule has 1 aromatic carbocycles. The first-order valence-electron chi connectivity index (χ1n) is 20.3. The average molecular weight is 903 g/mol. The molecule has 1 aliphatic carbocycles. The fraction of sp³-hybridized carbons (Fsp3) is 0.413. The number of carbonyl (C=O) groups excluding carboxylic acids is 1. The van der Waals surface area contributed by atoms with Crippen LogP contribution in [0.15, 0.2) is 85.2 Å². The number of rotatable bonds is 7. The van der Waals surface area contributed by atoms with Crippen molar-refractivity contribution in [2.24, 2.45) is 38.1 Å². The van der Waals surface area contributed by atoms with Crippen LogP contribution in [0, 0.1) is 30.1 Å². The van der Waals surface area contributed by atoms with E-state index in [-0.39, 0.29) is 63.8 Å². The number of ether oxygens (including phenoxy) is 1. The second-order valence-corrected chi connectivity index (χ2v) is 16.6. The van der Waals surface area contributed by atoms with Gasteiger partial charge in [-0.25, -0.2) is 9.98 Å². The summed E-state index contributed by atoms with van der Waals surface area (Å²) in [5.41, 5.74) is 2.71. The van der Waals surface area contributed by atoms with E-state index in [1.165, 1.54) is 7.11 Å². The van der Waals surface area contributed by atoms with E-state index in [0.29, 0.717) is 52.2 Å². The van der Waals surface area contributed by atoms with Crippen molar-refractivity contribution in [3.63, 3.8) is 0 Å². The fourth-order valence-electron chi connectivity index (χ4n) is 9.87. The van der Waals surface area contributed by atoms with Crippen molar-refractivity contribution < 1.29 is 62.6 Å². The van der Waals surface area contributed by atoms with Gasteiger partial charge in [-0.2, -0.15) is 26.3 Å². The van der Waals surface area contributed by atoms with Gasteiger partial charge in [0.15, 0.2) is 0 Å². The molecule has 0 saturated heterocycles. The maximum atomic E-state index is 15.1. The van der Waals surface area contributed by atoms with Gasteiger partial charge in [0.05, 0.1) is 58.2 Å². The molecule has 0 spiro atoms. The van der Waals surface area contributed by atoms with Crippen LogP contribution in [0.1, 0.15) is 100 Å². The van der Waals surface area contributed by atoms with Gasteiger partial charge in [-0.1, -0.05) is 39.8 Å². The maximum Gasteiger partial charge on any atom is 2.00 e. The van der Waals surface area contributed by atoms with E-state index < -0.39 is 70.6 Å². The van der Waals surface area contributed by atoms with Crippen LogP contribution in [0.25, 0.3) is 17.3 Å². The molecular formula is C46H43F6N5NiO4. The number of aliphatic imine (C=N–C) groups is 3. The molecule has 6 heterocycles. The summed E-state index contributed by atoms with van der Waals surface area (Å²) in [4.78, 5) is 33.1. The van der Waals surface area contributed by atoms with Gasteiger partial charge < -0.3 is 19.5 Å². The van der Waals surface area contributed by atoms with Gasteiger partial charge in [-0.05, 0) is 104 Å². The minimum Gasteiger partial charge on any atom is -0.860 e. The van der Waals surface area contributed by atoms with Crippen molar-refractivity contribution in [3.8, 4) is 23.0 Å². The Bertz CT molecular complexity index is 2610. The zero-order chi connectivity index (χ0) is 44.1. The third kappa shape index (κ3) is 7.15. The van der Waals surface area contributed by atoms with E-state index >= 15 is 5.11 Å². The van der Waals surface area contributed by atoms with Gasteiger partial charge in [0, 0.05) is 58.5 Å². The van der Waals surface area contributed by atoms with Gasteiger partial charge in [0.25, 0.3) is 0 Å². The first-order chi connectivity index (χ1) is 28.7. The predicted molar refractivity (Wildman–Crippen MR) is 215 cm³/mol. The molecule has 4 atom stereocenters. The molecule has 0 aromatic heterocycles. The Kier molecular flexibility index (Phi) is 11.4. The number of methoxy groups -OCH3 is 1. The summed E-state index contributed by atoms with van der Waals surface area (Å²) in [6.45, 7) is 10.9. The van der Waals surface area contributed by atoms with E-state index in [0.717, 1.165) is 40.3 Å². The van der Waals surface area contributed by atoms with Crippen molar-refractivity contribution in [3.05, 3.63) is 104 Å². The quantitative estimate of drug-likeness (QED) is 0.133. The molecule has 0 N–H and O–H groups in total. The van der Waals surface area contributed by atoms with Crippen LogP contribution in [0.5, 0.6) is 11.8 Å². The van der Waals surface area contributed by atoms with Gasteiger partial charge in [0.2, 0.25) is 0 Å². The molecule has 0 saturated carbocycles. The number of carbonyl (C=O) groups is 1. The third-order valence-electron chi connectivity index (χ3n) is 13.1. The SMILES string of the molecule is CCC1=C(C)C2=NC1=Cc1nc3c(c([O-])n(Cc4cc(C(F)(F)F)cc(C(F)(F)F)c4)c([O-])c-3c1C)C1=NC(=C3C=CCC4(C)C3=NC(=C2)C4CC)[C@@H](C)[C@@H]1CCC(=O)OC.[Ni+2]. The number of nitrogens with zero attached hydrogens (tertiary/aromatic N) is 5. The largest absolute Gasteiger partial charge is 2.00 e. The molecule has 0 amide bonds. The zero-order valence-corrected chi connectivity index (χ0v) is 36.0. The number of hydrogen-bond acceptors (Lipinski definition) is 8. The number of alkyl halides is 6. The van der Waals surface area contributed by atoms with E-state index in [9.17, 15) is 36.2 Å². The smallest absolute Gasteiger partial charge is 0.860 e. The normalized spacial score (nSPS) is 23.1. The summed E-state index contributed by atoms with van der Waals surface area (Å²) >= 11 is 0. The van der Waals surface area contributed by atoms with Crippen LogP contribution in [0.3, 0.4) is 0 Å². The minimum absolute atomic E-state index is 0. The van der Waals surface area contributed by atoms with E-state index in [1.54, 1.807) is 13.0 Å². The van der Waals surface area contributed by atoms with Crippen molar-refractivity contribution in [2.45, 2.75) is 92.5 Å². The molecule has 16 heteroatoms. The Morgan fingerprint density at radius 2 is 1.63 bits per heavy atom. The van der Waals surface area contributed by atoms with Gasteiger partial charge >= 0.3 is 34.8 Å². The number of allylic oxidation sites excluding steroid dienone is 8. The Balaban J connectivity index is 0.00000578. The first-order valence-corrected chi connectivity index (χ1v) is 20.3. The van der Waals surface area contributed by atoms with E-state index in [4.69, 9.17) is 24.7 Å². The number of esters is 1. The van der Waals surface area contributed by atoms with Gasteiger partial charge in [-0.15, -0.1) is 0 Å². The van der Waals surface area contributed by atoms with E-state index in [1.807, 2.05) is 32.9 Å². The number of pyridine rings is 1. The molecule has 9 nitrogen and oxygen atoms in total. The molecule has 7 aliphatic rings. The molecule has 1 aromatic rings. The summed E-state index contributed by atoms with van der Waals surface area (Å²) < 4.78 is 89.7. The Morgan fingerprint density at radius 3 is 2.24 bits per heavy atom. The van der Waals surface area contributed by atoms with Crippen molar-refractivity contribution in [1.82, 2.24) is 9.55 Å². The Hall–Kier alpha value is -5.24. The number of halogens is 6. The monoisotopic (exact) mass is 901 g/mol. The summed E-state index contributed by atoms with van der Waals surface area (Å²) in [7, 11) is 1.26. The molecule has 328 valence electrons. The van der Waals surface area contributed by atoms with Gasteiger partial charge in [-0.3, -0.25) is 14.8 Å². The van der Waals surface area contributed by atoms with Crippen molar-refractivity contribution in [2.75, 3.05) is 7.11 Å². The minimum atomic E-state index is -5.16. The fourth-order valence-corrected chi connectivity index (χ4v) is 9.87. The van der Waals surface area contributed by atoms with Crippen molar-refractivity contribution >= 4 is 29.2 Å². The maximum absolute atomic E-state index is 15.1. The second-order valence-electron chi connectivity index (χ2n) is 16.6. The standard InChI is InChI=1S/C46H45F6N5O4.Ni/c1-8-27-21(3)31-19-34-30(9-2)44(6)14-10-11-29(41(44)55-34)38-22(4)28(12-13-35(58)61-7)39(56-38)37-40-36(23(5)32(54-40)18-33(27)53-31)42(59)57(43(37)60)20-24-15-25(45(47,48)49)17-26(16-24)46(50,51)52;/h10-11,15-19,22,28,30,59-60H,8-9,12-14,20H2,1-7H3;/q;+2/p-2/t22-,28-,30?,44?;/m0./s1. The van der Waals surface area contributed by atoms with Crippen LogP contribution in [0.4, 0.5) is 26.3 Å². The molecule has 0 radical (unpaired) electrons. The van der Waals surface area contributed by atoms with E-state index in [2.05, 4.69) is 19.9 Å². The number of fused-ring (bicyclic) bond motifs is 5. The molecule has 8 bridgehead atoms. The third-order valence-corrected chi connectivity index (χ3v) is 13.1. The van der Waals surface area contributed by atoms with Crippen molar-refractivity contribution in [1.29, 1.82) is 0 Å². The average Bonchev–Trinajstić information content (AvgIpc) is 3.88. The Labute approximate surface area is 364 Å². The summed E-state index contributed by atoms with van der Waals surface area (Å²) in [5.74, 6) is -3.49. The molecule has 8 rings (SSSR count). The second kappa shape index (κ2) is 15.8. The van der Waals surface area contributed by atoms with Crippen LogP contribution >= 0.6 is 0 Å². The zero-order valence-electron chi connectivity index (χ0n) is 35.0. The van der Waals surface area contributed by atoms with Gasteiger partial charge in [0.1, 0.15) is 0 Å². The van der Waals surface area contributed by atoms with Crippen LogP contribution in [-0.4, -0.2) is 39.8 Å². The molecular weight excluding hydrogens is 859 g/mol. The molecule has 6 aliphatic heterocycles. The summed E-state index contributed by atoms with van der Waals surface area (Å²) in [6, 6.07) is 1.01. The number of benzene rings is 1. The molecule has 0 fully saturated rings. The topological polar surface area (TPSA) is 127 Å². The van der Waals surface area contributed by atoms with Crippen LogP contribution < -0.4 is 10.2 Å². The summed E-state index contributed by atoms with van der Waals surface area (Å²) in [5, 5.41) is 29.7. The Morgan fingerprint density at radius 1 is 0.968 bits per heavy atom. The summed E-state index contributed by atoms with van der Waals surface area (Å²) in [6.07, 6.45) is -0.337.